The van der Waals surface area contributed by atoms with Gasteiger partial charge in [0.25, 0.3) is 0 Å². The number of nitrogens with one attached hydrogen (secondary N) is 1. The molecule has 0 radical (unpaired) electrons. The van der Waals surface area contributed by atoms with E-state index in [9.17, 15) is 0 Å². The summed E-state index contributed by atoms with van der Waals surface area (Å²) in [5.41, 5.74) is 1.44. The minimum absolute atomic E-state index is 0.140. The molecule has 2 aliphatic heterocycles. The Hall–Kier alpha value is -0.220. The van der Waals surface area contributed by atoms with Crippen molar-refractivity contribution in [3.8, 4) is 0 Å². The highest BCUT2D eigenvalue weighted by atomic mass is 35.5. The zero-order chi connectivity index (χ0) is 14.0. The van der Waals surface area contributed by atoms with Gasteiger partial charge in [-0.1, -0.05) is 23.7 Å². The van der Waals surface area contributed by atoms with Gasteiger partial charge in [-0.3, -0.25) is 0 Å². The maximum Gasteiger partial charge on any atom is 0.0783 e. The molecule has 3 atom stereocenters. The van der Waals surface area contributed by atoms with E-state index in [1.807, 2.05) is 23.9 Å². The maximum atomic E-state index is 6.15. The monoisotopic (exact) mass is 311 g/mol. The number of hydrogen-bond acceptors (Lipinski definition) is 3. The number of thioether (sulfide) groups is 1. The van der Waals surface area contributed by atoms with Gasteiger partial charge in [-0.2, -0.15) is 11.8 Å². The van der Waals surface area contributed by atoms with Crippen molar-refractivity contribution < 1.29 is 4.74 Å². The van der Waals surface area contributed by atoms with Crippen LogP contribution in [0.4, 0.5) is 0 Å². The standard InChI is InChI=1S/C16H22ClNOS/c1-18-15(12-3-2-4-14(17)9-12)13-5-7-19-16(10-13)6-8-20-11-16/h2-4,9,13,15,18H,5-8,10-11H2,1H3. The maximum absolute atomic E-state index is 6.15. The molecule has 1 N–H and O–H groups in total. The molecule has 3 unspecified atom stereocenters. The Morgan fingerprint density at radius 1 is 1.50 bits per heavy atom. The first-order valence-corrected chi connectivity index (χ1v) is 8.90. The molecule has 0 aromatic heterocycles. The first kappa shape index (κ1) is 14.7. The summed E-state index contributed by atoms with van der Waals surface area (Å²) in [7, 11) is 2.05. The molecule has 2 saturated heterocycles. The summed E-state index contributed by atoms with van der Waals surface area (Å²) in [6.45, 7) is 0.893. The molecule has 0 amide bonds. The fourth-order valence-corrected chi connectivity index (χ4v) is 5.16. The Balaban J connectivity index is 1.78. The average Bonchev–Trinajstić information content (AvgIpc) is 2.88. The van der Waals surface area contributed by atoms with Crippen LogP contribution in [0.2, 0.25) is 5.02 Å². The van der Waals surface area contributed by atoms with Crippen molar-refractivity contribution in [1.82, 2.24) is 5.32 Å². The number of rotatable bonds is 3. The molecule has 1 spiro atoms. The van der Waals surface area contributed by atoms with E-state index in [0.717, 1.165) is 30.2 Å². The zero-order valence-electron chi connectivity index (χ0n) is 11.9. The van der Waals surface area contributed by atoms with Gasteiger partial charge in [0.05, 0.1) is 5.60 Å². The first-order chi connectivity index (χ1) is 9.72. The lowest BCUT2D eigenvalue weighted by atomic mass is 9.79. The summed E-state index contributed by atoms with van der Waals surface area (Å²) in [6, 6.07) is 8.63. The SMILES string of the molecule is CNC(c1cccc(Cl)c1)C1CCOC2(CCSC2)C1. The molecule has 0 saturated carbocycles. The highest BCUT2D eigenvalue weighted by Crippen LogP contribution is 2.44. The van der Waals surface area contributed by atoms with Crippen LogP contribution in [0.3, 0.4) is 0 Å². The second-order valence-corrected chi connectivity index (χ2v) is 7.45. The Bertz CT molecular complexity index is 462. The molecule has 2 heterocycles. The minimum atomic E-state index is 0.140. The summed E-state index contributed by atoms with van der Waals surface area (Å²) >= 11 is 8.18. The lowest BCUT2D eigenvalue weighted by Crippen LogP contribution is -2.43. The summed E-state index contributed by atoms with van der Waals surface area (Å²) < 4.78 is 6.14. The summed E-state index contributed by atoms with van der Waals surface area (Å²) in [5.74, 6) is 3.04. The van der Waals surface area contributed by atoms with Crippen molar-refractivity contribution >= 4 is 23.4 Å². The van der Waals surface area contributed by atoms with Crippen molar-refractivity contribution in [2.45, 2.75) is 30.9 Å². The molecule has 4 heteroatoms. The molecule has 1 aromatic rings. The predicted octanol–water partition coefficient (Wildman–Crippen LogP) is 3.90. The van der Waals surface area contributed by atoms with Gasteiger partial charge in [0, 0.05) is 23.4 Å². The molecule has 0 aliphatic carbocycles. The smallest absolute Gasteiger partial charge is 0.0783 e. The van der Waals surface area contributed by atoms with E-state index < -0.39 is 0 Å². The third-order valence-electron chi connectivity index (χ3n) is 4.59. The topological polar surface area (TPSA) is 21.3 Å². The Morgan fingerprint density at radius 3 is 3.10 bits per heavy atom. The van der Waals surface area contributed by atoms with E-state index in [-0.39, 0.29) is 5.60 Å². The van der Waals surface area contributed by atoms with Gasteiger partial charge >= 0.3 is 0 Å². The van der Waals surface area contributed by atoms with Gasteiger partial charge in [0.2, 0.25) is 0 Å². The van der Waals surface area contributed by atoms with E-state index in [2.05, 4.69) is 24.5 Å². The fourth-order valence-electron chi connectivity index (χ4n) is 3.59. The molecule has 20 heavy (non-hydrogen) atoms. The zero-order valence-corrected chi connectivity index (χ0v) is 13.5. The van der Waals surface area contributed by atoms with Crippen molar-refractivity contribution in [3.63, 3.8) is 0 Å². The summed E-state index contributed by atoms with van der Waals surface area (Å²) in [4.78, 5) is 0. The Labute approximate surface area is 130 Å². The van der Waals surface area contributed by atoms with Crippen molar-refractivity contribution in [3.05, 3.63) is 34.9 Å². The minimum Gasteiger partial charge on any atom is -0.374 e. The van der Waals surface area contributed by atoms with Gasteiger partial charge < -0.3 is 10.1 Å². The Morgan fingerprint density at radius 2 is 2.40 bits per heavy atom. The van der Waals surface area contributed by atoms with E-state index in [1.165, 1.54) is 17.7 Å². The van der Waals surface area contributed by atoms with Gasteiger partial charge in [0.1, 0.15) is 0 Å². The summed E-state index contributed by atoms with van der Waals surface area (Å²) in [5, 5.41) is 4.32. The normalized spacial score (nSPS) is 31.6. The molecule has 1 aromatic carbocycles. The van der Waals surface area contributed by atoms with Gasteiger partial charge in [-0.05, 0) is 55.7 Å². The van der Waals surface area contributed by atoms with Gasteiger partial charge in [-0.25, -0.2) is 0 Å². The largest absolute Gasteiger partial charge is 0.374 e. The highest BCUT2D eigenvalue weighted by Gasteiger charge is 2.42. The number of benzene rings is 1. The van der Waals surface area contributed by atoms with Crippen molar-refractivity contribution in [2.24, 2.45) is 5.92 Å². The van der Waals surface area contributed by atoms with Crippen LogP contribution in [0.25, 0.3) is 0 Å². The van der Waals surface area contributed by atoms with Crippen molar-refractivity contribution in [1.29, 1.82) is 0 Å². The van der Waals surface area contributed by atoms with Crippen LogP contribution in [-0.4, -0.2) is 30.8 Å². The fraction of sp³-hybridized carbons (Fsp3) is 0.625. The van der Waals surface area contributed by atoms with Crippen LogP contribution in [-0.2, 0) is 4.74 Å². The van der Waals surface area contributed by atoms with Gasteiger partial charge in [-0.15, -0.1) is 0 Å². The molecule has 2 aliphatic rings. The third-order valence-corrected chi connectivity index (χ3v) is 6.05. The van der Waals surface area contributed by atoms with Crippen molar-refractivity contribution in [2.75, 3.05) is 25.2 Å². The van der Waals surface area contributed by atoms with Crippen LogP contribution in [0.1, 0.15) is 30.9 Å². The molecular weight excluding hydrogens is 290 g/mol. The Kier molecular flexibility index (Phi) is 4.61. The van der Waals surface area contributed by atoms with E-state index >= 15 is 0 Å². The lowest BCUT2D eigenvalue weighted by molar-refractivity contribution is -0.0850. The van der Waals surface area contributed by atoms with Crippen LogP contribution in [0.5, 0.6) is 0 Å². The van der Waals surface area contributed by atoms with Crippen LogP contribution < -0.4 is 5.32 Å². The summed E-state index contributed by atoms with van der Waals surface area (Å²) in [6.07, 6.45) is 3.50. The second-order valence-electron chi connectivity index (χ2n) is 5.91. The van der Waals surface area contributed by atoms with Crippen LogP contribution >= 0.6 is 23.4 Å². The second kappa shape index (κ2) is 6.27. The van der Waals surface area contributed by atoms with Crippen LogP contribution in [0.15, 0.2) is 24.3 Å². The highest BCUT2D eigenvalue weighted by molar-refractivity contribution is 7.99. The number of hydrogen-bond donors (Lipinski definition) is 1. The van der Waals surface area contributed by atoms with Gasteiger partial charge in [0.15, 0.2) is 0 Å². The number of halogens is 1. The molecule has 0 bridgehead atoms. The lowest BCUT2D eigenvalue weighted by Gasteiger charge is -2.41. The average molecular weight is 312 g/mol. The first-order valence-electron chi connectivity index (χ1n) is 7.37. The van der Waals surface area contributed by atoms with E-state index in [0.29, 0.717) is 12.0 Å². The van der Waals surface area contributed by atoms with Crippen LogP contribution in [0, 0.1) is 5.92 Å². The number of ether oxygens (including phenoxy) is 1. The van der Waals surface area contributed by atoms with E-state index in [1.54, 1.807) is 0 Å². The molecular formula is C16H22ClNOS. The molecule has 3 rings (SSSR count). The third kappa shape index (κ3) is 3.01. The molecule has 2 nitrogen and oxygen atoms in total. The predicted molar refractivity (Wildman–Crippen MR) is 86.6 cm³/mol. The quantitative estimate of drug-likeness (QED) is 0.914. The van der Waals surface area contributed by atoms with E-state index in [4.69, 9.17) is 16.3 Å². The molecule has 110 valence electrons. The molecule has 2 fully saturated rings.